The second-order valence-electron chi connectivity index (χ2n) is 4.03. The first kappa shape index (κ1) is 14.5. The summed E-state index contributed by atoms with van der Waals surface area (Å²) in [7, 11) is 0. The summed E-state index contributed by atoms with van der Waals surface area (Å²) in [5.74, 6) is -0.289. The first-order chi connectivity index (χ1) is 9.45. The van der Waals surface area contributed by atoms with Gasteiger partial charge in [0.1, 0.15) is 5.75 Å². The fourth-order valence-corrected chi connectivity index (χ4v) is 2.01. The van der Waals surface area contributed by atoms with Crippen molar-refractivity contribution in [3.8, 4) is 5.75 Å². The van der Waals surface area contributed by atoms with Crippen LogP contribution in [0.2, 0.25) is 0 Å². The average Bonchev–Trinajstić information content (AvgIpc) is 2.80. The van der Waals surface area contributed by atoms with Gasteiger partial charge in [-0.15, -0.1) is 0 Å². The summed E-state index contributed by atoms with van der Waals surface area (Å²) in [5, 5.41) is 15.0. The van der Waals surface area contributed by atoms with Gasteiger partial charge in [0.2, 0.25) is 0 Å². The van der Waals surface area contributed by atoms with Crippen molar-refractivity contribution in [2.24, 2.45) is 0 Å². The Morgan fingerprint density at radius 2 is 2.10 bits per heavy atom. The Kier molecular flexibility index (Phi) is 4.41. The summed E-state index contributed by atoms with van der Waals surface area (Å²) in [4.78, 5) is 11.8. The van der Waals surface area contributed by atoms with Gasteiger partial charge >= 0.3 is 0 Å². The van der Waals surface area contributed by atoms with Gasteiger partial charge in [0.25, 0.3) is 5.91 Å². The molecule has 0 aliphatic rings. The standard InChI is InChI=1S/C13H11BrN2O3S/c1-7-2-3-9(17)8(6-7)15-13(20)16-12(18)10-4-5-11(14)19-10/h2-6,17H,1H3,(H2,15,16,18,20). The van der Waals surface area contributed by atoms with Gasteiger partial charge in [-0.25, -0.2) is 0 Å². The number of carbonyl (C=O) groups excluding carboxylic acids is 1. The lowest BCUT2D eigenvalue weighted by Crippen LogP contribution is -2.33. The maximum absolute atomic E-state index is 11.8. The quantitative estimate of drug-likeness (QED) is 0.570. The third-order valence-corrected chi connectivity index (χ3v) is 3.05. The summed E-state index contributed by atoms with van der Waals surface area (Å²) in [6.45, 7) is 1.88. The molecule has 0 fully saturated rings. The number of aromatic hydroxyl groups is 1. The van der Waals surface area contributed by atoms with Crippen LogP contribution in [0.5, 0.6) is 5.75 Å². The van der Waals surface area contributed by atoms with Crippen molar-refractivity contribution >= 4 is 44.9 Å². The predicted octanol–water partition coefficient (Wildman–Crippen LogP) is 3.18. The maximum Gasteiger partial charge on any atom is 0.293 e. The highest BCUT2D eigenvalue weighted by Crippen LogP contribution is 2.23. The topological polar surface area (TPSA) is 74.5 Å². The zero-order valence-corrected chi connectivity index (χ0v) is 12.8. The molecule has 7 heteroatoms. The van der Waals surface area contributed by atoms with Crippen LogP contribution in [-0.4, -0.2) is 16.1 Å². The Labute approximate surface area is 129 Å². The number of phenols is 1. The van der Waals surface area contributed by atoms with Gasteiger partial charge in [-0.3, -0.25) is 10.1 Å². The van der Waals surface area contributed by atoms with Crippen LogP contribution < -0.4 is 10.6 Å². The smallest absolute Gasteiger partial charge is 0.293 e. The molecule has 5 nitrogen and oxygen atoms in total. The fourth-order valence-electron chi connectivity index (χ4n) is 1.50. The number of anilines is 1. The van der Waals surface area contributed by atoms with E-state index in [0.717, 1.165) is 5.56 Å². The number of nitrogens with one attached hydrogen (secondary N) is 2. The number of thiocarbonyl (C=S) groups is 1. The van der Waals surface area contributed by atoms with E-state index >= 15 is 0 Å². The molecule has 0 aliphatic carbocycles. The lowest BCUT2D eigenvalue weighted by molar-refractivity contribution is 0.0949. The molecule has 1 heterocycles. The Bertz CT molecular complexity index is 669. The Morgan fingerprint density at radius 1 is 1.35 bits per heavy atom. The molecule has 0 atom stereocenters. The molecule has 1 amide bonds. The van der Waals surface area contributed by atoms with Crippen LogP contribution in [0.4, 0.5) is 5.69 Å². The van der Waals surface area contributed by atoms with Crippen molar-refractivity contribution in [3.05, 3.63) is 46.3 Å². The molecule has 0 saturated carbocycles. The normalized spacial score (nSPS) is 10.1. The maximum atomic E-state index is 11.8. The molecule has 1 aromatic heterocycles. The van der Waals surface area contributed by atoms with Gasteiger partial charge in [-0.1, -0.05) is 6.07 Å². The van der Waals surface area contributed by atoms with Crippen molar-refractivity contribution in [3.63, 3.8) is 0 Å². The molecule has 2 rings (SSSR count). The van der Waals surface area contributed by atoms with E-state index in [1.807, 2.05) is 6.92 Å². The van der Waals surface area contributed by atoms with E-state index in [1.165, 1.54) is 6.07 Å². The Balaban J connectivity index is 2.02. The number of hydrogen-bond acceptors (Lipinski definition) is 4. The van der Waals surface area contributed by atoms with Crippen molar-refractivity contribution in [2.75, 3.05) is 5.32 Å². The van der Waals surface area contributed by atoms with Crippen molar-refractivity contribution in [2.45, 2.75) is 6.92 Å². The third-order valence-electron chi connectivity index (χ3n) is 2.42. The zero-order valence-electron chi connectivity index (χ0n) is 10.4. The monoisotopic (exact) mass is 354 g/mol. The molecule has 0 bridgehead atoms. The third kappa shape index (κ3) is 3.58. The molecule has 0 unspecified atom stereocenters. The average molecular weight is 355 g/mol. The van der Waals surface area contributed by atoms with Crippen molar-refractivity contribution in [1.82, 2.24) is 5.32 Å². The number of rotatable bonds is 2. The molecule has 1 aromatic carbocycles. The van der Waals surface area contributed by atoms with Gasteiger partial charge in [0, 0.05) is 0 Å². The van der Waals surface area contributed by atoms with Gasteiger partial charge in [-0.05, 0) is 64.9 Å². The second-order valence-corrected chi connectivity index (χ2v) is 5.22. The van der Waals surface area contributed by atoms with Crippen LogP contribution in [0, 0.1) is 6.92 Å². The molecular formula is C13H11BrN2O3S. The van der Waals surface area contributed by atoms with Crippen LogP contribution in [0.25, 0.3) is 0 Å². The SMILES string of the molecule is Cc1ccc(O)c(NC(=S)NC(=O)c2ccc(Br)o2)c1. The van der Waals surface area contributed by atoms with Gasteiger partial charge in [0.05, 0.1) is 5.69 Å². The van der Waals surface area contributed by atoms with Crippen LogP contribution >= 0.6 is 28.1 Å². The van der Waals surface area contributed by atoms with Crippen LogP contribution in [0.3, 0.4) is 0 Å². The molecule has 3 N–H and O–H groups in total. The minimum atomic E-state index is -0.472. The van der Waals surface area contributed by atoms with Gasteiger partial charge in [0.15, 0.2) is 15.5 Å². The lowest BCUT2D eigenvalue weighted by Gasteiger charge is -2.10. The highest BCUT2D eigenvalue weighted by Gasteiger charge is 2.12. The Hall–Kier alpha value is -1.86. The number of furan rings is 1. The molecule has 20 heavy (non-hydrogen) atoms. The summed E-state index contributed by atoms with van der Waals surface area (Å²) < 4.78 is 5.56. The van der Waals surface area contributed by atoms with E-state index in [0.29, 0.717) is 10.4 Å². The highest BCUT2D eigenvalue weighted by molar-refractivity contribution is 9.10. The predicted molar refractivity (Wildman–Crippen MR) is 82.9 cm³/mol. The summed E-state index contributed by atoms with van der Waals surface area (Å²) in [5.41, 5.74) is 1.38. The highest BCUT2D eigenvalue weighted by atomic mass is 79.9. The first-order valence-corrected chi connectivity index (χ1v) is 6.83. The molecule has 2 aromatic rings. The first-order valence-electron chi connectivity index (χ1n) is 5.63. The van der Waals surface area contributed by atoms with Crippen molar-refractivity contribution in [1.29, 1.82) is 0 Å². The molecule has 0 saturated heterocycles. The minimum absolute atomic E-state index is 0.0490. The molecular weight excluding hydrogens is 344 g/mol. The lowest BCUT2D eigenvalue weighted by atomic mass is 10.2. The fraction of sp³-hybridized carbons (Fsp3) is 0.0769. The molecule has 0 spiro atoms. The molecule has 0 radical (unpaired) electrons. The van der Waals surface area contributed by atoms with E-state index in [1.54, 1.807) is 24.3 Å². The number of aryl methyl sites for hydroxylation is 1. The number of benzene rings is 1. The minimum Gasteiger partial charge on any atom is -0.506 e. The van der Waals surface area contributed by atoms with E-state index in [4.69, 9.17) is 16.6 Å². The molecule has 0 aliphatic heterocycles. The van der Waals surface area contributed by atoms with E-state index in [2.05, 4.69) is 26.6 Å². The van der Waals surface area contributed by atoms with Crippen LogP contribution in [0.1, 0.15) is 16.1 Å². The zero-order chi connectivity index (χ0) is 14.7. The number of hydrogen-bond donors (Lipinski definition) is 3. The largest absolute Gasteiger partial charge is 0.506 e. The van der Waals surface area contributed by atoms with Crippen LogP contribution in [0.15, 0.2) is 39.4 Å². The van der Waals surface area contributed by atoms with E-state index < -0.39 is 5.91 Å². The molecule has 104 valence electrons. The number of halogens is 1. The van der Waals surface area contributed by atoms with Gasteiger partial charge in [-0.2, -0.15) is 0 Å². The second kappa shape index (κ2) is 6.06. The van der Waals surface area contributed by atoms with Gasteiger partial charge < -0.3 is 14.8 Å². The van der Waals surface area contributed by atoms with Crippen molar-refractivity contribution < 1.29 is 14.3 Å². The number of phenolic OH excluding ortho intramolecular Hbond substituents is 1. The number of carbonyl (C=O) groups is 1. The number of amides is 1. The summed E-state index contributed by atoms with van der Waals surface area (Å²) >= 11 is 8.12. The Morgan fingerprint density at radius 3 is 2.75 bits per heavy atom. The summed E-state index contributed by atoms with van der Waals surface area (Å²) in [6.07, 6.45) is 0. The van der Waals surface area contributed by atoms with E-state index in [9.17, 15) is 9.90 Å². The van der Waals surface area contributed by atoms with Crippen LogP contribution in [-0.2, 0) is 0 Å². The summed E-state index contributed by atoms with van der Waals surface area (Å²) in [6, 6.07) is 8.16. The van der Waals surface area contributed by atoms with E-state index in [-0.39, 0.29) is 16.6 Å².